The van der Waals surface area contributed by atoms with Crippen molar-refractivity contribution in [2.45, 2.75) is 19.5 Å². The molecule has 0 spiro atoms. The summed E-state index contributed by atoms with van der Waals surface area (Å²) in [5, 5.41) is 6.58. The summed E-state index contributed by atoms with van der Waals surface area (Å²) in [5.74, 6) is 0.966. The second-order valence-electron chi connectivity index (χ2n) is 4.48. The minimum atomic E-state index is 0.266. The van der Waals surface area contributed by atoms with Crippen molar-refractivity contribution in [2.75, 3.05) is 19.0 Å². The van der Waals surface area contributed by atoms with E-state index in [4.69, 9.17) is 0 Å². The minimum absolute atomic E-state index is 0.266. The smallest absolute Gasteiger partial charge is 0.204 e. The largest absolute Gasteiger partial charge is 0.348 e. The van der Waals surface area contributed by atoms with Crippen LogP contribution in [0.3, 0.4) is 0 Å². The lowest BCUT2D eigenvalue weighted by Crippen LogP contribution is -2.20. The molecular formula is C12H19N5S. The van der Waals surface area contributed by atoms with E-state index < -0.39 is 0 Å². The van der Waals surface area contributed by atoms with Crippen LogP contribution >= 0.6 is 11.3 Å². The molecule has 0 aliphatic heterocycles. The Morgan fingerprint density at radius 2 is 2.22 bits per heavy atom. The molecular weight excluding hydrogens is 246 g/mol. The van der Waals surface area contributed by atoms with E-state index in [1.807, 2.05) is 43.8 Å². The molecule has 98 valence electrons. The number of hydrogen-bond acceptors (Lipinski definition) is 5. The molecule has 0 saturated carbocycles. The third-order valence-electron chi connectivity index (χ3n) is 2.87. The monoisotopic (exact) mass is 265 g/mol. The van der Waals surface area contributed by atoms with Gasteiger partial charge in [0.1, 0.15) is 5.01 Å². The summed E-state index contributed by atoms with van der Waals surface area (Å²) in [7, 11) is 6.03. The minimum Gasteiger partial charge on any atom is -0.348 e. The van der Waals surface area contributed by atoms with E-state index in [-0.39, 0.29) is 6.04 Å². The number of anilines is 1. The average Bonchev–Trinajstić information content (AvgIpc) is 2.95. The van der Waals surface area contributed by atoms with E-state index in [1.165, 1.54) is 5.69 Å². The molecule has 0 aliphatic rings. The summed E-state index contributed by atoms with van der Waals surface area (Å²) in [6.07, 6.45) is 3.75. The zero-order chi connectivity index (χ0) is 13.1. The summed E-state index contributed by atoms with van der Waals surface area (Å²) in [5.41, 5.74) is 1.17. The quantitative estimate of drug-likeness (QED) is 0.895. The van der Waals surface area contributed by atoms with Crippen LogP contribution in [0.2, 0.25) is 0 Å². The third kappa shape index (κ3) is 2.70. The number of hydrogen-bond donors (Lipinski definition) is 1. The first-order valence-corrected chi connectivity index (χ1v) is 6.78. The molecule has 0 amide bonds. The number of rotatable bonds is 5. The summed E-state index contributed by atoms with van der Waals surface area (Å²) in [6, 6.07) is 0.266. The zero-order valence-electron chi connectivity index (χ0n) is 11.2. The van der Waals surface area contributed by atoms with Crippen molar-refractivity contribution in [3.63, 3.8) is 0 Å². The Morgan fingerprint density at radius 3 is 2.78 bits per heavy atom. The van der Waals surface area contributed by atoms with Crippen molar-refractivity contribution in [3.05, 3.63) is 28.5 Å². The second-order valence-corrected chi connectivity index (χ2v) is 5.40. The SMILES string of the molecule is CC(NCc1cnc(N(C)C)n1C)c1nccs1. The van der Waals surface area contributed by atoms with Crippen molar-refractivity contribution in [1.82, 2.24) is 19.9 Å². The van der Waals surface area contributed by atoms with Crippen molar-refractivity contribution in [3.8, 4) is 0 Å². The molecule has 1 N–H and O–H groups in total. The fourth-order valence-corrected chi connectivity index (χ4v) is 2.48. The highest BCUT2D eigenvalue weighted by molar-refractivity contribution is 7.09. The standard InChI is InChI=1S/C12H19N5S/c1-9(11-13-5-6-18-11)14-7-10-8-15-12(16(2)3)17(10)4/h5-6,8-9,14H,7H2,1-4H3. The molecule has 1 atom stereocenters. The van der Waals surface area contributed by atoms with Gasteiger partial charge in [0, 0.05) is 39.3 Å². The lowest BCUT2D eigenvalue weighted by Gasteiger charge is -2.14. The Labute approximate surface area is 111 Å². The maximum absolute atomic E-state index is 4.39. The zero-order valence-corrected chi connectivity index (χ0v) is 12.0. The molecule has 1 unspecified atom stereocenters. The van der Waals surface area contributed by atoms with Crippen LogP contribution in [0.15, 0.2) is 17.8 Å². The van der Waals surface area contributed by atoms with Crippen LogP contribution in [0.25, 0.3) is 0 Å². The molecule has 5 nitrogen and oxygen atoms in total. The fraction of sp³-hybridized carbons (Fsp3) is 0.500. The van der Waals surface area contributed by atoms with Gasteiger partial charge in [0.2, 0.25) is 5.95 Å². The number of nitrogens with zero attached hydrogens (tertiary/aromatic N) is 4. The molecule has 0 saturated heterocycles. The molecule has 18 heavy (non-hydrogen) atoms. The Bertz CT molecular complexity index is 489. The summed E-state index contributed by atoms with van der Waals surface area (Å²) < 4.78 is 2.10. The van der Waals surface area contributed by atoms with E-state index in [9.17, 15) is 0 Å². The van der Waals surface area contributed by atoms with Gasteiger partial charge in [-0.25, -0.2) is 9.97 Å². The van der Waals surface area contributed by atoms with Gasteiger partial charge < -0.3 is 14.8 Å². The van der Waals surface area contributed by atoms with Crippen LogP contribution in [-0.2, 0) is 13.6 Å². The first-order chi connectivity index (χ1) is 8.59. The summed E-state index contributed by atoms with van der Waals surface area (Å²) >= 11 is 1.68. The highest BCUT2D eigenvalue weighted by Crippen LogP contribution is 2.16. The van der Waals surface area contributed by atoms with Crippen LogP contribution in [-0.4, -0.2) is 28.6 Å². The van der Waals surface area contributed by atoms with Crippen LogP contribution in [0, 0.1) is 0 Å². The van der Waals surface area contributed by atoms with Crippen LogP contribution in [0.4, 0.5) is 5.95 Å². The van der Waals surface area contributed by atoms with E-state index in [0.29, 0.717) is 0 Å². The van der Waals surface area contributed by atoms with Gasteiger partial charge in [-0.1, -0.05) is 0 Å². The topological polar surface area (TPSA) is 46.0 Å². The van der Waals surface area contributed by atoms with Crippen molar-refractivity contribution in [1.29, 1.82) is 0 Å². The van der Waals surface area contributed by atoms with Gasteiger partial charge in [0.15, 0.2) is 0 Å². The van der Waals surface area contributed by atoms with Gasteiger partial charge in [-0.15, -0.1) is 11.3 Å². The third-order valence-corrected chi connectivity index (χ3v) is 3.83. The van der Waals surface area contributed by atoms with Crippen LogP contribution in [0.5, 0.6) is 0 Å². The predicted octanol–water partition coefficient (Wildman–Crippen LogP) is 1.79. The maximum Gasteiger partial charge on any atom is 0.204 e. The molecule has 6 heteroatoms. The van der Waals surface area contributed by atoms with E-state index in [2.05, 4.69) is 26.8 Å². The molecule has 0 bridgehead atoms. The molecule has 2 aromatic heterocycles. The Kier molecular flexibility index (Phi) is 3.98. The molecule has 0 fully saturated rings. The second kappa shape index (κ2) is 5.49. The summed E-state index contributed by atoms with van der Waals surface area (Å²) in [6.45, 7) is 2.92. The van der Waals surface area contributed by atoms with Crippen LogP contribution < -0.4 is 10.2 Å². The number of nitrogens with one attached hydrogen (secondary N) is 1. The van der Waals surface area contributed by atoms with Gasteiger partial charge >= 0.3 is 0 Å². The molecule has 0 radical (unpaired) electrons. The van der Waals surface area contributed by atoms with Crippen LogP contribution in [0.1, 0.15) is 23.7 Å². The molecule has 0 aliphatic carbocycles. The average molecular weight is 265 g/mol. The lowest BCUT2D eigenvalue weighted by molar-refractivity contribution is 0.555. The van der Waals surface area contributed by atoms with E-state index in [1.54, 1.807) is 11.3 Å². The van der Waals surface area contributed by atoms with Gasteiger partial charge in [-0.05, 0) is 6.92 Å². The molecule has 2 aromatic rings. The molecule has 2 rings (SSSR count). The highest BCUT2D eigenvalue weighted by Gasteiger charge is 2.11. The lowest BCUT2D eigenvalue weighted by atomic mass is 10.3. The van der Waals surface area contributed by atoms with Gasteiger partial charge in [-0.2, -0.15) is 0 Å². The highest BCUT2D eigenvalue weighted by atomic mass is 32.1. The Hall–Kier alpha value is -1.40. The first-order valence-electron chi connectivity index (χ1n) is 5.90. The maximum atomic E-state index is 4.39. The molecule has 2 heterocycles. The molecule has 0 aromatic carbocycles. The van der Waals surface area contributed by atoms with Gasteiger partial charge in [0.25, 0.3) is 0 Å². The Balaban J connectivity index is 1.98. The number of aromatic nitrogens is 3. The normalized spacial score (nSPS) is 12.7. The predicted molar refractivity (Wildman–Crippen MR) is 74.9 cm³/mol. The number of imidazole rings is 1. The summed E-state index contributed by atoms with van der Waals surface area (Å²) in [4.78, 5) is 10.7. The fourth-order valence-electron chi connectivity index (χ4n) is 1.81. The van der Waals surface area contributed by atoms with Crippen molar-refractivity contribution < 1.29 is 0 Å². The van der Waals surface area contributed by atoms with E-state index in [0.717, 1.165) is 17.5 Å². The first kappa shape index (κ1) is 13.0. The van der Waals surface area contributed by atoms with E-state index >= 15 is 0 Å². The van der Waals surface area contributed by atoms with Crippen molar-refractivity contribution in [2.24, 2.45) is 7.05 Å². The van der Waals surface area contributed by atoms with Crippen molar-refractivity contribution >= 4 is 17.3 Å². The Morgan fingerprint density at radius 1 is 1.44 bits per heavy atom. The van der Waals surface area contributed by atoms with Gasteiger partial charge in [0.05, 0.1) is 17.9 Å². The number of thiazole rings is 1. The van der Waals surface area contributed by atoms with Gasteiger partial charge in [-0.3, -0.25) is 0 Å².